The fraction of sp³-hybridized carbons (Fsp3) is 0.534. The second-order valence-corrected chi connectivity index (χ2v) is 22.4. The van der Waals surface area contributed by atoms with Crippen molar-refractivity contribution in [3.63, 3.8) is 0 Å². The molecule has 13 atom stereocenters. The Hall–Kier alpha value is -7.04. The number of amides is 7. The highest BCUT2D eigenvalue weighted by Gasteiger charge is 2.50. The highest BCUT2D eigenvalue weighted by molar-refractivity contribution is 7.90. The summed E-state index contributed by atoms with van der Waals surface area (Å²) in [6.07, 6.45) is -6.90. The van der Waals surface area contributed by atoms with Crippen LogP contribution in [0.2, 0.25) is 0 Å². The van der Waals surface area contributed by atoms with Crippen molar-refractivity contribution in [1.82, 2.24) is 41.7 Å². The molecule has 0 radical (unpaired) electrons. The van der Waals surface area contributed by atoms with Gasteiger partial charge in [-0.05, 0) is 78.9 Å². The number of hydrogen-bond acceptors (Lipinski definition) is 23. The molecular weight excluding hydrogens is 1180 g/mol. The van der Waals surface area contributed by atoms with Crippen molar-refractivity contribution in [1.29, 1.82) is 0 Å². The number of nitrogens with one attached hydrogen (secondary N) is 6. The van der Waals surface area contributed by atoms with Gasteiger partial charge in [0.25, 0.3) is 12.3 Å². The lowest BCUT2D eigenvalue weighted by molar-refractivity contribution is -0.433. The number of ether oxygens (including phenoxy) is 1. The van der Waals surface area contributed by atoms with Crippen LogP contribution in [0.3, 0.4) is 0 Å². The van der Waals surface area contributed by atoms with Gasteiger partial charge in [-0.3, -0.25) is 33.6 Å². The number of aliphatic hydroxyl groups excluding tert-OH is 8. The van der Waals surface area contributed by atoms with E-state index in [1.165, 1.54) is 19.1 Å². The first-order valence-corrected chi connectivity index (χ1v) is 29.5. The van der Waals surface area contributed by atoms with Crippen molar-refractivity contribution in [3.05, 3.63) is 83.9 Å². The predicted molar refractivity (Wildman–Crippen MR) is 313 cm³/mol. The minimum atomic E-state index is -2.15. The van der Waals surface area contributed by atoms with Gasteiger partial charge in [-0.2, -0.15) is 0 Å². The Bertz CT molecular complexity index is 2830. The first-order valence-electron chi connectivity index (χ1n) is 28.9. The van der Waals surface area contributed by atoms with Crippen LogP contribution in [0.1, 0.15) is 70.4 Å². The zero-order valence-electron chi connectivity index (χ0n) is 48.8. The summed E-state index contributed by atoms with van der Waals surface area (Å²) in [6, 6.07) is 6.09. The summed E-state index contributed by atoms with van der Waals surface area (Å²) in [6.45, 7) is 2.45. The van der Waals surface area contributed by atoms with Crippen molar-refractivity contribution >= 4 is 59.7 Å². The van der Waals surface area contributed by atoms with Crippen molar-refractivity contribution in [2.45, 2.75) is 145 Å². The van der Waals surface area contributed by atoms with Gasteiger partial charge in [0.1, 0.15) is 42.0 Å². The van der Waals surface area contributed by atoms with Crippen LogP contribution in [0.25, 0.3) is 17.2 Å². The van der Waals surface area contributed by atoms with Gasteiger partial charge in [0.15, 0.2) is 11.5 Å². The maximum absolute atomic E-state index is 14.9. The smallest absolute Gasteiger partial charge is 0.261 e. The third kappa shape index (κ3) is 19.5. The minimum absolute atomic E-state index is 0.0679. The average molecular weight is 1260 g/mol. The van der Waals surface area contributed by atoms with E-state index in [-0.39, 0.29) is 36.7 Å². The summed E-state index contributed by atoms with van der Waals surface area (Å²) in [5.41, 5.74) is 2.45. The summed E-state index contributed by atoms with van der Waals surface area (Å²) >= 11 is 0.0679. The number of fused-ring (bicyclic) bond motifs is 2. The molecule has 88 heavy (non-hydrogen) atoms. The Labute approximate surface area is 511 Å². The molecule has 0 unspecified atom stereocenters. The Morgan fingerprint density at radius 1 is 0.784 bits per heavy atom. The van der Waals surface area contributed by atoms with Gasteiger partial charge in [-0.25, -0.2) is 5.26 Å². The van der Waals surface area contributed by atoms with E-state index >= 15 is 0 Å². The van der Waals surface area contributed by atoms with E-state index in [2.05, 4.69) is 48.2 Å². The summed E-state index contributed by atoms with van der Waals surface area (Å²) in [5.74, 6) is -8.82. The Morgan fingerprint density at radius 3 is 2.10 bits per heavy atom. The third-order valence-electron chi connectivity index (χ3n) is 15.3. The van der Waals surface area contributed by atoms with E-state index in [1.54, 1.807) is 12.1 Å². The minimum Gasteiger partial charge on any atom is -0.504 e. The van der Waals surface area contributed by atoms with Crippen LogP contribution in [0.5, 0.6) is 17.2 Å². The zero-order chi connectivity index (χ0) is 64.2. The van der Waals surface area contributed by atoms with Gasteiger partial charge in [-0.15, -0.1) is 0 Å². The number of unbranched alkanes of at least 4 members (excludes halogenated alkanes) is 2. The lowest BCUT2D eigenvalue weighted by Crippen LogP contribution is -2.64. The maximum Gasteiger partial charge on any atom is 0.261 e. The topological polar surface area (TPSA) is 437 Å². The van der Waals surface area contributed by atoms with Crippen LogP contribution >= 0.6 is 12.3 Å². The molecule has 0 aromatic heterocycles. The number of hydrogen-bond donors (Lipinski definition) is 16. The molecule has 0 aliphatic carbocycles. The molecule has 3 saturated heterocycles. The molecule has 3 aliphatic rings. The SMILES string of the molecule is CCCCCOc1ccc(-c2ccc(C=CC(=O)N[C@H]3C[C@@H](O)CNC(=O)[C@@H]4[C@@H](O)[C@@H](C)CN4C(=O)[C@H]([C@H](O)CCNC(CO)CO)NC(=O)[C@H]([C@H](O)Cc4ccc(O)c(OSOOO)c4)NC(=O)[C@@H]4C[C@@H](O)CN4C(=O)[C@H]([C@@H](C)O)NC3=O)cc2)cc1. The fourth-order valence-corrected chi connectivity index (χ4v) is 10.6. The number of phenolic OH excluding ortho intramolecular Hbond substituents is 1. The molecule has 30 heteroatoms. The summed E-state index contributed by atoms with van der Waals surface area (Å²) in [5, 5.41) is 125. The molecule has 7 amide bonds. The van der Waals surface area contributed by atoms with Crippen LogP contribution in [-0.2, 0) is 49.4 Å². The first kappa shape index (κ1) is 70.1. The van der Waals surface area contributed by atoms with E-state index in [0.29, 0.717) is 12.2 Å². The average Bonchev–Trinajstić information content (AvgIpc) is 2.62. The second kappa shape index (κ2) is 34.1. The lowest BCUT2D eigenvalue weighted by Gasteiger charge is -2.34. The van der Waals surface area contributed by atoms with Crippen molar-refractivity contribution < 1.29 is 103 Å². The van der Waals surface area contributed by atoms with Crippen molar-refractivity contribution in [2.24, 2.45) is 5.92 Å². The van der Waals surface area contributed by atoms with Crippen molar-refractivity contribution in [3.8, 4) is 28.4 Å². The third-order valence-corrected chi connectivity index (χ3v) is 15.6. The summed E-state index contributed by atoms with van der Waals surface area (Å²) < 4.78 is 15.2. The molecule has 0 saturated carbocycles. The molecule has 6 rings (SSSR count). The van der Waals surface area contributed by atoms with Crippen LogP contribution in [0.15, 0.2) is 72.8 Å². The molecule has 3 aromatic carbocycles. The highest BCUT2D eigenvalue weighted by atomic mass is 32.2. The maximum atomic E-state index is 14.9. The van der Waals surface area contributed by atoms with E-state index < -0.39 is 184 Å². The second-order valence-electron chi connectivity index (χ2n) is 22.0. The molecule has 484 valence electrons. The standard InChI is InChI=1S/C58H80N8O21S/c1-4-5-6-21-84-40-15-13-36(14-16-40)35-11-7-33(8-12-35)10-18-47(75)61-41-24-38(70)26-60-56(80)51-52(76)31(2)27-66(51)58(82)50(44(73)19-20-59-37(29-67)30-68)64-55(79)49(45(74)22-34-9-17-43(72)46(23-34)85-88-87-86-83)63-54(78)42-25-39(71)28-65(42)57(81)48(32(3)69)62-53(41)77/h7-18,23,31-32,37-39,41-42,44-45,48-52,59,67-74,76,83H,4-6,19-22,24-30H2,1-3H3,(H,60,80)(H,61,75)(H,62,77)(H,63,78)(H,64,79)/t31-,32+,38+,39+,41-,42-,44+,45+,48-,49-,50-,51-,52-/m0/s1. The van der Waals surface area contributed by atoms with Crippen LogP contribution in [-0.4, -0.2) is 227 Å². The van der Waals surface area contributed by atoms with Gasteiger partial charge in [0.2, 0.25) is 41.4 Å². The monoisotopic (exact) mass is 1260 g/mol. The molecule has 3 heterocycles. The molecule has 3 aliphatic heterocycles. The molecule has 3 aromatic rings. The number of rotatable bonds is 24. The molecule has 3 fully saturated rings. The van der Waals surface area contributed by atoms with Gasteiger partial charge in [0.05, 0.1) is 62.5 Å². The molecule has 0 spiro atoms. The number of benzene rings is 3. The highest BCUT2D eigenvalue weighted by Crippen LogP contribution is 2.32. The molecule has 0 bridgehead atoms. The number of aromatic hydroxyl groups is 1. The number of carbonyl (C=O) groups excluding carboxylic acids is 7. The largest absolute Gasteiger partial charge is 0.504 e. The zero-order valence-corrected chi connectivity index (χ0v) is 49.6. The fourth-order valence-electron chi connectivity index (χ4n) is 10.3. The summed E-state index contributed by atoms with van der Waals surface area (Å²) in [7, 11) is 0. The van der Waals surface area contributed by atoms with Gasteiger partial charge >= 0.3 is 0 Å². The van der Waals surface area contributed by atoms with E-state index in [1.807, 2.05) is 36.4 Å². The van der Waals surface area contributed by atoms with Crippen LogP contribution in [0.4, 0.5) is 0 Å². The summed E-state index contributed by atoms with van der Waals surface area (Å²) in [4.78, 5) is 103. The van der Waals surface area contributed by atoms with Crippen molar-refractivity contribution in [2.75, 3.05) is 46.0 Å². The lowest BCUT2D eigenvalue weighted by atomic mass is 9.98. The van der Waals surface area contributed by atoms with Crippen LogP contribution in [0, 0.1) is 5.92 Å². The van der Waals surface area contributed by atoms with Gasteiger partial charge in [0, 0.05) is 50.9 Å². The first-order chi connectivity index (χ1) is 42.1. The number of phenols is 1. The van der Waals surface area contributed by atoms with Crippen LogP contribution < -0.4 is 40.8 Å². The quantitative estimate of drug-likeness (QED) is 0.0147. The molecular formula is C58H80N8O21S. The predicted octanol–water partition coefficient (Wildman–Crippen LogP) is -2.33. The van der Waals surface area contributed by atoms with E-state index in [4.69, 9.17) is 14.2 Å². The number of nitrogens with zero attached hydrogens (tertiary/aromatic N) is 2. The van der Waals surface area contributed by atoms with Gasteiger partial charge < -0.3 is 96.6 Å². The van der Waals surface area contributed by atoms with E-state index in [9.17, 15) is 79.5 Å². The Balaban J connectivity index is 1.33. The molecule has 29 nitrogen and oxygen atoms in total. The Kier molecular flexibility index (Phi) is 27.1. The number of aliphatic hydroxyl groups is 8. The van der Waals surface area contributed by atoms with Gasteiger partial charge in [-0.1, -0.05) is 78.5 Å². The normalized spacial score (nSPS) is 25.4. The molecule has 16 N–H and O–H groups in total. The Morgan fingerprint density at radius 2 is 1.44 bits per heavy atom. The number of β-amino-alcohol motifs (C(OH)–C–C–N with tert-alkyl or cyclic N) is 1. The number of carbonyl (C=O) groups is 7. The van der Waals surface area contributed by atoms with E-state index in [0.717, 1.165) is 71.1 Å².